The van der Waals surface area contributed by atoms with Crippen molar-refractivity contribution in [1.82, 2.24) is 9.88 Å². The minimum absolute atomic E-state index is 0.0215. The Morgan fingerprint density at radius 2 is 2.16 bits per heavy atom. The molecule has 0 aliphatic carbocycles. The van der Waals surface area contributed by atoms with E-state index in [9.17, 15) is 4.79 Å². The van der Waals surface area contributed by atoms with Crippen LogP contribution in [0.15, 0.2) is 48.8 Å². The summed E-state index contributed by atoms with van der Waals surface area (Å²) in [7, 11) is 0. The third-order valence-electron chi connectivity index (χ3n) is 4.18. The molecule has 1 fully saturated rings. The number of thioether (sulfide) groups is 1. The van der Waals surface area contributed by atoms with Crippen molar-refractivity contribution in [3.8, 4) is 11.5 Å². The molecule has 6 heteroatoms. The predicted molar refractivity (Wildman–Crippen MR) is 102 cm³/mol. The van der Waals surface area contributed by atoms with Gasteiger partial charge in [0.2, 0.25) is 0 Å². The number of nitrogens with zero attached hydrogens (tertiary/aromatic N) is 2. The molecule has 2 amide bonds. The minimum Gasteiger partial charge on any atom is -0.456 e. The third-order valence-corrected chi connectivity index (χ3v) is 4.99. The standard InChI is InChI=1S/C19H23N3O2S/c1-25-14-15-4-3-11-22(13-15)19(23)21-16-6-8-17(9-7-16)24-18-5-2-10-20-12-18/h2,5-10,12,15H,3-4,11,13-14H2,1H3,(H,21,23)/t15-/m1/s1. The first-order valence-corrected chi connectivity index (χ1v) is 9.87. The van der Waals surface area contributed by atoms with Crippen LogP contribution in [0.1, 0.15) is 12.8 Å². The molecule has 0 saturated carbocycles. The lowest BCUT2D eigenvalue weighted by atomic mass is 10.0. The van der Waals surface area contributed by atoms with Gasteiger partial charge in [0.15, 0.2) is 0 Å². The Bertz CT molecular complexity index is 677. The number of carbonyl (C=O) groups is 1. The van der Waals surface area contributed by atoms with Gasteiger partial charge < -0.3 is 15.0 Å². The maximum Gasteiger partial charge on any atom is 0.321 e. The van der Waals surface area contributed by atoms with Gasteiger partial charge in [-0.15, -0.1) is 0 Å². The van der Waals surface area contributed by atoms with Gasteiger partial charge in [0.25, 0.3) is 0 Å². The summed E-state index contributed by atoms with van der Waals surface area (Å²) in [6.07, 6.45) is 7.78. The molecule has 1 aliphatic heterocycles. The first-order chi connectivity index (χ1) is 12.2. The Kier molecular flexibility index (Phi) is 6.17. The van der Waals surface area contributed by atoms with Gasteiger partial charge in [-0.3, -0.25) is 4.98 Å². The normalized spacial score (nSPS) is 17.2. The second-order valence-corrected chi connectivity index (χ2v) is 7.07. The summed E-state index contributed by atoms with van der Waals surface area (Å²) in [5.74, 6) is 3.12. The summed E-state index contributed by atoms with van der Waals surface area (Å²) in [4.78, 5) is 18.4. The van der Waals surface area contributed by atoms with Crippen molar-refractivity contribution < 1.29 is 9.53 Å². The maximum absolute atomic E-state index is 12.5. The predicted octanol–water partition coefficient (Wildman–Crippen LogP) is 4.48. The molecule has 0 unspecified atom stereocenters. The van der Waals surface area contributed by atoms with Gasteiger partial charge in [-0.25, -0.2) is 4.79 Å². The topological polar surface area (TPSA) is 54.5 Å². The third kappa shape index (κ3) is 5.13. The number of urea groups is 1. The van der Waals surface area contributed by atoms with Gasteiger partial charge in [-0.1, -0.05) is 0 Å². The highest BCUT2D eigenvalue weighted by Crippen LogP contribution is 2.23. The monoisotopic (exact) mass is 357 g/mol. The van der Waals surface area contributed by atoms with Crippen molar-refractivity contribution >= 4 is 23.5 Å². The Morgan fingerprint density at radius 3 is 2.88 bits per heavy atom. The van der Waals surface area contributed by atoms with Crippen LogP contribution >= 0.6 is 11.8 Å². The summed E-state index contributed by atoms with van der Waals surface area (Å²) in [6.45, 7) is 1.67. The molecule has 132 valence electrons. The lowest BCUT2D eigenvalue weighted by molar-refractivity contribution is 0.183. The summed E-state index contributed by atoms with van der Waals surface area (Å²) in [5, 5.41) is 2.98. The summed E-state index contributed by atoms with van der Waals surface area (Å²) >= 11 is 1.85. The Morgan fingerprint density at radius 1 is 1.32 bits per heavy atom. The van der Waals surface area contributed by atoms with Gasteiger partial charge in [0.1, 0.15) is 11.5 Å². The van der Waals surface area contributed by atoms with E-state index in [-0.39, 0.29) is 6.03 Å². The van der Waals surface area contributed by atoms with Gasteiger partial charge in [0, 0.05) is 25.0 Å². The SMILES string of the molecule is CSC[C@@H]1CCCN(C(=O)Nc2ccc(Oc3cccnc3)cc2)C1. The Balaban J connectivity index is 1.55. The fourth-order valence-electron chi connectivity index (χ4n) is 2.97. The van der Waals surface area contributed by atoms with Crippen molar-refractivity contribution in [2.45, 2.75) is 12.8 Å². The fraction of sp³-hybridized carbons (Fsp3) is 0.368. The molecule has 3 rings (SSSR count). The van der Waals surface area contributed by atoms with E-state index in [0.29, 0.717) is 17.4 Å². The quantitative estimate of drug-likeness (QED) is 0.857. The molecule has 1 atom stereocenters. The molecular formula is C19H23N3O2S. The number of ether oxygens (including phenoxy) is 1. The van der Waals surface area contributed by atoms with Crippen LogP contribution in [0.2, 0.25) is 0 Å². The van der Waals surface area contributed by atoms with E-state index in [0.717, 1.165) is 31.0 Å². The zero-order valence-electron chi connectivity index (χ0n) is 14.4. The molecule has 1 aromatic heterocycles. The van der Waals surface area contributed by atoms with E-state index in [2.05, 4.69) is 16.6 Å². The summed E-state index contributed by atoms with van der Waals surface area (Å²) in [5.41, 5.74) is 0.774. The molecule has 2 heterocycles. The number of likely N-dealkylation sites (tertiary alicyclic amines) is 1. The van der Waals surface area contributed by atoms with Gasteiger partial charge >= 0.3 is 6.03 Å². The second-order valence-electron chi connectivity index (χ2n) is 6.15. The van der Waals surface area contributed by atoms with Crippen LogP contribution < -0.4 is 10.1 Å². The van der Waals surface area contributed by atoms with Crippen molar-refractivity contribution in [3.05, 3.63) is 48.8 Å². The van der Waals surface area contributed by atoms with Crippen LogP contribution in [-0.2, 0) is 0 Å². The lowest BCUT2D eigenvalue weighted by Gasteiger charge is -2.32. The van der Waals surface area contributed by atoms with Crippen molar-refractivity contribution in [2.24, 2.45) is 5.92 Å². The van der Waals surface area contributed by atoms with Crippen molar-refractivity contribution in [1.29, 1.82) is 0 Å². The van der Waals surface area contributed by atoms with Crippen LogP contribution in [0, 0.1) is 5.92 Å². The summed E-state index contributed by atoms with van der Waals surface area (Å²) in [6, 6.07) is 11.0. The largest absolute Gasteiger partial charge is 0.456 e. The van der Waals surface area contributed by atoms with Gasteiger partial charge in [-0.05, 0) is 67.2 Å². The second kappa shape index (κ2) is 8.76. The molecule has 0 bridgehead atoms. The molecule has 1 saturated heterocycles. The van der Waals surface area contributed by atoms with Gasteiger partial charge in [-0.2, -0.15) is 11.8 Å². The van der Waals surface area contributed by atoms with E-state index in [1.807, 2.05) is 53.1 Å². The zero-order chi connectivity index (χ0) is 17.5. The molecule has 1 N–H and O–H groups in total. The Labute approximate surface area is 152 Å². The van der Waals surface area contributed by atoms with Crippen LogP contribution in [0.4, 0.5) is 10.5 Å². The van der Waals surface area contributed by atoms with Crippen LogP contribution in [-0.4, -0.2) is 41.0 Å². The Hall–Kier alpha value is -2.21. The van der Waals surface area contributed by atoms with E-state index in [1.165, 1.54) is 6.42 Å². The fourth-order valence-corrected chi connectivity index (χ4v) is 3.72. The number of hydrogen-bond donors (Lipinski definition) is 1. The number of aromatic nitrogens is 1. The van der Waals surface area contributed by atoms with E-state index < -0.39 is 0 Å². The smallest absolute Gasteiger partial charge is 0.321 e. The molecule has 0 radical (unpaired) electrons. The zero-order valence-corrected chi connectivity index (χ0v) is 15.2. The number of carbonyl (C=O) groups excluding carboxylic acids is 1. The number of nitrogens with one attached hydrogen (secondary N) is 1. The van der Waals surface area contributed by atoms with Gasteiger partial charge in [0.05, 0.1) is 6.20 Å². The van der Waals surface area contributed by atoms with Crippen LogP contribution in [0.5, 0.6) is 11.5 Å². The minimum atomic E-state index is -0.0215. The van der Waals surface area contributed by atoms with E-state index >= 15 is 0 Å². The number of rotatable bonds is 5. The van der Waals surface area contributed by atoms with Crippen molar-refractivity contribution in [2.75, 3.05) is 30.4 Å². The molecule has 1 aliphatic rings. The average molecular weight is 357 g/mol. The highest BCUT2D eigenvalue weighted by Gasteiger charge is 2.23. The van der Waals surface area contributed by atoms with E-state index in [1.54, 1.807) is 12.4 Å². The first kappa shape index (κ1) is 17.6. The van der Waals surface area contributed by atoms with Crippen LogP contribution in [0.25, 0.3) is 0 Å². The molecule has 1 aromatic carbocycles. The van der Waals surface area contributed by atoms with Crippen molar-refractivity contribution in [3.63, 3.8) is 0 Å². The molecule has 0 spiro atoms. The molecule has 2 aromatic rings. The molecule has 5 nitrogen and oxygen atoms in total. The number of hydrogen-bond acceptors (Lipinski definition) is 4. The number of anilines is 1. The molecular weight excluding hydrogens is 334 g/mol. The average Bonchev–Trinajstić information content (AvgIpc) is 2.65. The number of piperidine rings is 1. The number of pyridine rings is 1. The number of amides is 2. The number of benzene rings is 1. The highest BCUT2D eigenvalue weighted by atomic mass is 32.2. The lowest BCUT2D eigenvalue weighted by Crippen LogP contribution is -2.42. The highest BCUT2D eigenvalue weighted by molar-refractivity contribution is 7.98. The van der Waals surface area contributed by atoms with E-state index in [4.69, 9.17) is 4.74 Å². The summed E-state index contributed by atoms with van der Waals surface area (Å²) < 4.78 is 5.71. The first-order valence-electron chi connectivity index (χ1n) is 8.47. The maximum atomic E-state index is 12.5. The molecule has 25 heavy (non-hydrogen) atoms. The van der Waals surface area contributed by atoms with Crippen LogP contribution in [0.3, 0.4) is 0 Å².